The van der Waals surface area contributed by atoms with E-state index >= 15 is 0 Å². The van der Waals surface area contributed by atoms with Crippen LogP contribution in [-0.4, -0.2) is 34.8 Å². The fourth-order valence-corrected chi connectivity index (χ4v) is 2.10. The highest BCUT2D eigenvalue weighted by Gasteiger charge is 2.46. The van der Waals surface area contributed by atoms with E-state index in [1.54, 1.807) is 18.7 Å². The van der Waals surface area contributed by atoms with E-state index in [1.807, 2.05) is 32.9 Å². The Morgan fingerprint density at radius 2 is 2.06 bits per heavy atom. The van der Waals surface area contributed by atoms with Gasteiger partial charge in [-0.15, -0.1) is 0 Å². The summed E-state index contributed by atoms with van der Waals surface area (Å²) in [6, 6.07) is -0.388. The number of carbonyl (C=O) groups excluding carboxylic acids is 2. The van der Waals surface area contributed by atoms with Gasteiger partial charge in [0, 0.05) is 6.54 Å². The van der Waals surface area contributed by atoms with Gasteiger partial charge in [-0.3, -0.25) is 9.59 Å². The molecule has 1 fully saturated rings. The third-order valence-corrected chi connectivity index (χ3v) is 3.79. The zero-order valence-electron chi connectivity index (χ0n) is 12.0. The van der Waals surface area contributed by atoms with Crippen LogP contribution in [0.1, 0.15) is 41.0 Å². The molecule has 0 aromatic carbocycles. The molecule has 0 saturated carbocycles. The van der Waals surface area contributed by atoms with Gasteiger partial charge in [0.1, 0.15) is 11.6 Å². The molecule has 102 valence electrons. The number of carbonyl (C=O) groups is 2. The van der Waals surface area contributed by atoms with E-state index in [1.165, 1.54) is 0 Å². The average molecular weight is 252 g/mol. The normalized spacial score (nSPS) is 25.4. The minimum atomic E-state index is -0.777. The van der Waals surface area contributed by atoms with Crippen LogP contribution in [0.3, 0.4) is 0 Å². The van der Waals surface area contributed by atoms with Crippen LogP contribution in [0.4, 0.5) is 0 Å². The van der Waals surface area contributed by atoms with Crippen molar-refractivity contribution >= 4 is 11.8 Å². The lowest BCUT2D eigenvalue weighted by molar-refractivity contribution is -0.155. The van der Waals surface area contributed by atoms with E-state index in [4.69, 9.17) is 0 Å². The van der Waals surface area contributed by atoms with E-state index in [2.05, 4.69) is 5.32 Å². The number of allylic oxidation sites excluding steroid dienone is 1. The number of nitrogens with one attached hydrogen (secondary N) is 1. The first-order valence-electron chi connectivity index (χ1n) is 6.59. The summed E-state index contributed by atoms with van der Waals surface area (Å²) in [5, 5.41) is 2.86. The molecule has 0 aromatic rings. The molecule has 1 aliphatic rings. The monoisotopic (exact) mass is 252 g/mol. The second-order valence-corrected chi connectivity index (χ2v) is 5.41. The van der Waals surface area contributed by atoms with Crippen molar-refractivity contribution in [3.8, 4) is 0 Å². The van der Waals surface area contributed by atoms with Crippen molar-refractivity contribution < 1.29 is 9.59 Å². The van der Waals surface area contributed by atoms with Crippen molar-refractivity contribution in [1.29, 1.82) is 0 Å². The lowest BCUT2D eigenvalue weighted by Crippen LogP contribution is -2.69. The number of piperazine rings is 1. The van der Waals surface area contributed by atoms with Crippen LogP contribution in [0, 0.1) is 5.92 Å². The SMILES string of the molecule is C/C=C/CN1C(=O)C(C(C)CC)NC(=O)C1(C)C. The lowest BCUT2D eigenvalue weighted by atomic mass is 9.89. The van der Waals surface area contributed by atoms with E-state index in [9.17, 15) is 9.59 Å². The molecule has 0 bridgehead atoms. The number of rotatable bonds is 4. The standard InChI is InChI=1S/C14H24N2O2/c1-6-8-9-16-12(17)11(10(3)7-2)15-13(18)14(16,4)5/h6,8,10-11H,7,9H2,1-5H3,(H,15,18)/b8-6+. The van der Waals surface area contributed by atoms with Gasteiger partial charge in [-0.05, 0) is 26.7 Å². The first kappa shape index (κ1) is 14.7. The maximum Gasteiger partial charge on any atom is 0.246 e. The summed E-state index contributed by atoms with van der Waals surface area (Å²) in [7, 11) is 0. The molecule has 1 aliphatic heterocycles. The Hall–Kier alpha value is -1.32. The van der Waals surface area contributed by atoms with Crippen molar-refractivity contribution in [2.75, 3.05) is 6.54 Å². The van der Waals surface area contributed by atoms with Crippen LogP contribution in [-0.2, 0) is 9.59 Å². The van der Waals surface area contributed by atoms with Gasteiger partial charge >= 0.3 is 0 Å². The molecule has 0 spiro atoms. The second kappa shape index (κ2) is 5.55. The minimum Gasteiger partial charge on any atom is -0.342 e. The highest BCUT2D eigenvalue weighted by atomic mass is 16.2. The van der Waals surface area contributed by atoms with Crippen LogP contribution in [0.2, 0.25) is 0 Å². The molecular formula is C14H24N2O2. The van der Waals surface area contributed by atoms with E-state index in [0.29, 0.717) is 6.54 Å². The molecule has 1 saturated heterocycles. The zero-order valence-corrected chi connectivity index (χ0v) is 12.0. The van der Waals surface area contributed by atoms with Gasteiger partial charge in [0.25, 0.3) is 0 Å². The summed E-state index contributed by atoms with van der Waals surface area (Å²) in [5.41, 5.74) is -0.777. The minimum absolute atomic E-state index is 0.0204. The highest BCUT2D eigenvalue weighted by Crippen LogP contribution is 2.24. The Balaban J connectivity index is 3.01. The molecule has 0 radical (unpaired) electrons. The smallest absolute Gasteiger partial charge is 0.246 e. The molecule has 2 unspecified atom stereocenters. The van der Waals surface area contributed by atoms with Gasteiger partial charge in [-0.1, -0.05) is 32.4 Å². The van der Waals surface area contributed by atoms with E-state index in [-0.39, 0.29) is 23.8 Å². The molecule has 1 N–H and O–H groups in total. The quantitative estimate of drug-likeness (QED) is 0.774. The van der Waals surface area contributed by atoms with Gasteiger partial charge in [-0.25, -0.2) is 0 Å². The van der Waals surface area contributed by atoms with Crippen LogP contribution in [0.15, 0.2) is 12.2 Å². The number of hydrogen-bond acceptors (Lipinski definition) is 2. The van der Waals surface area contributed by atoms with Crippen molar-refractivity contribution in [2.24, 2.45) is 5.92 Å². The van der Waals surface area contributed by atoms with Crippen molar-refractivity contribution in [1.82, 2.24) is 10.2 Å². The molecule has 1 rings (SSSR count). The maximum absolute atomic E-state index is 12.5. The molecule has 4 heteroatoms. The number of hydrogen-bond donors (Lipinski definition) is 1. The second-order valence-electron chi connectivity index (χ2n) is 5.41. The Kier molecular flexibility index (Phi) is 4.54. The first-order valence-corrected chi connectivity index (χ1v) is 6.59. The predicted molar refractivity (Wildman–Crippen MR) is 72.0 cm³/mol. The summed E-state index contributed by atoms with van der Waals surface area (Å²) in [6.45, 7) is 10.00. The Morgan fingerprint density at radius 3 is 2.56 bits per heavy atom. The van der Waals surface area contributed by atoms with Crippen LogP contribution in [0.25, 0.3) is 0 Å². The van der Waals surface area contributed by atoms with Crippen molar-refractivity contribution in [3.63, 3.8) is 0 Å². The maximum atomic E-state index is 12.5. The van der Waals surface area contributed by atoms with Gasteiger partial charge in [0.15, 0.2) is 0 Å². The number of nitrogens with zero attached hydrogens (tertiary/aromatic N) is 1. The molecule has 4 nitrogen and oxygen atoms in total. The van der Waals surface area contributed by atoms with Crippen LogP contribution in [0.5, 0.6) is 0 Å². The zero-order chi connectivity index (χ0) is 13.9. The summed E-state index contributed by atoms with van der Waals surface area (Å²) in [5.74, 6) is 0.106. The third-order valence-electron chi connectivity index (χ3n) is 3.79. The van der Waals surface area contributed by atoms with E-state index < -0.39 is 5.54 Å². The highest BCUT2D eigenvalue weighted by molar-refractivity contribution is 5.99. The Labute approximate surface area is 109 Å². The summed E-state index contributed by atoms with van der Waals surface area (Å²) < 4.78 is 0. The fraction of sp³-hybridized carbons (Fsp3) is 0.714. The molecular weight excluding hydrogens is 228 g/mol. The van der Waals surface area contributed by atoms with Gasteiger partial charge in [0.2, 0.25) is 11.8 Å². The van der Waals surface area contributed by atoms with Crippen molar-refractivity contribution in [2.45, 2.75) is 52.6 Å². The molecule has 2 amide bonds. The summed E-state index contributed by atoms with van der Waals surface area (Å²) >= 11 is 0. The van der Waals surface area contributed by atoms with Crippen molar-refractivity contribution in [3.05, 3.63) is 12.2 Å². The van der Waals surface area contributed by atoms with Gasteiger partial charge in [-0.2, -0.15) is 0 Å². The van der Waals surface area contributed by atoms with Crippen LogP contribution < -0.4 is 5.32 Å². The molecule has 1 heterocycles. The largest absolute Gasteiger partial charge is 0.342 e. The number of amides is 2. The van der Waals surface area contributed by atoms with Gasteiger partial charge < -0.3 is 10.2 Å². The third kappa shape index (κ3) is 2.57. The summed E-state index contributed by atoms with van der Waals surface area (Å²) in [4.78, 5) is 26.3. The first-order chi connectivity index (χ1) is 8.36. The molecule has 0 aromatic heterocycles. The lowest BCUT2D eigenvalue weighted by Gasteiger charge is -2.45. The molecule has 2 atom stereocenters. The average Bonchev–Trinajstić information content (AvgIpc) is 2.33. The Bertz CT molecular complexity index is 361. The van der Waals surface area contributed by atoms with E-state index in [0.717, 1.165) is 6.42 Å². The molecule has 0 aliphatic carbocycles. The fourth-order valence-electron chi connectivity index (χ4n) is 2.10. The topological polar surface area (TPSA) is 49.4 Å². The van der Waals surface area contributed by atoms with Crippen LogP contribution >= 0.6 is 0 Å². The predicted octanol–water partition coefficient (Wildman–Crippen LogP) is 1.71. The molecule has 18 heavy (non-hydrogen) atoms. The van der Waals surface area contributed by atoms with Gasteiger partial charge in [0.05, 0.1) is 0 Å². The summed E-state index contributed by atoms with van der Waals surface area (Å²) in [6.07, 6.45) is 4.68. The Morgan fingerprint density at radius 1 is 1.44 bits per heavy atom.